The quantitative estimate of drug-likeness (QED) is 0.314. The van der Waals surface area contributed by atoms with Gasteiger partial charge in [-0.1, -0.05) is 13.3 Å². The molecule has 3 unspecified atom stereocenters. The SMILES string of the molecule is CCCC(CNc1ccc(NC2N=C(N3CCCCC3)N=C(C=N)C2C(N)=O)cc1)CC(=O)O. The maximum Gasteiger partial charge on any atom is 0.303 e. The number of rotatable bonds is 11. The van der Waals surface area contributed by atoms with Crippen molar-refractivity contribution in [3.05, 3.63) is 24.3 Å². The highest BCUT2D eigenvalue weighted by molar-refractivity contribution is 6.37. The van der Waals surface area contributed by atoms with Crippen LogP contribution < -0.4 is 16.4 Å². The van der Waals surface area contributed by atoms with Gasteiger partial charge in [-0.15, -0.1) is 0 Å². The van der Waals surface area contributed by atoms with Crippen LogP contribution >= 0.6 is 0 Å². The Labute approximate surface area is 200 Å². The zero-order valence-corrected chi connectivity index (χ0v) is 19.7. The molecule has 2 aliphatic heterocycles. The van der Waals surface area contributed by atoms with Crippen molar-refractivity contribution in [1.29, 1.82) is 5.41 Å². The van der Waals surface area contributed by atoms with E-state index in [4.69, 9.17) is 21.2 Å². The first-order valence-electron chi connectivity index (χ1n) is 11.9. The Kier molecular flexibility index (Phi) is 9.00. The Morgan fingerprint density at radius 1 is 1.24 bits per heavy atom. The number of carbonyl (C=O) groups excluding carboxylic acids is 1. The highest BCUT2D eigenvalue weighted by Gasteiger charge is 2.35. The number of carboxylic acids is 1. The number of aliphatic carboxylic acids is 1. The third-order valence-corrected chi connectivity index (χ3v) is 6.17. The van der Waals surface area contributed by atoms with Crippen LogP contribution in [0.1, 0.15) is 45.4 Å². The van der Waals surface area contributed by atoms with Crippen molar-refractivity contribution in [3.63, 3.8) is 0 Å². The largest absolute Gasteiger partial charge is 0.481 e. The number of nitrogens with two attached hydrogens (primary N) is 1. The van der Waals surface area contributed by atoms with E-state index in [1.54, 1.807) is 0 Å². The van der Waals surface area contributed by atoms with E-state index in [2.05, 4.69) is 20.5 Å². The molecule has 6 N–H and O–H groups in total. The number of anilines is 2. The number of nitrogens with zero attached hydrogens (tertiary/aromatic N) is 3. The molecule has 0 bridgehead atoms. The summed E-state index contributed by atoms with van der Waals surface area (Å²) < 4.78 is 0. The van der Waals surface area contributed by atoms with Crippen LogP contribution in [0.4, 0.5) is 11.4 Å². The van der Waals surface area contributed by atoms with Crippen molar-refractivity contribution in [2.24, 2.45) is 27.6 Å². The minimum atomic E-state index is -0.838. The Morgan fingerprint density at radius 3 is 2.50 bits per heavy atom. The molecule has 3 atom stereocenters. The first-order chi connectivity index (χ1) is 16.4. The molecule has 0 spiro atoms. The van der Waals surface area contributed by atoms with Crippen molar-refractivity contribution in [2.75, 3.05) is 30.3 Å². The lowest BCUT2D eigenvalue weighted by Crippen LogP contribution is -2.48. The molecule has 1 saturated heterocycles. The van der Waals surface area contributed by atoms with Crippen LogP contribution in [-0.2, 0) is 9.59 Å². The average molecular weight is 470 g/mol. The third-order valence-electron chi connectivity index (χ3n) is 6.17. The number of aliphatic imine (C=N–C) groups is 2. The van der Waals surface area contributed by atoms with Crippen molar-refractivity contribution in [1.82, 2.24) is 4.90 Å². The summed E-state index contributed by atoms with van der Waals surface area (Å²) in [4.78, 5) is 34.5. The second-order valence-corrected chi connectivity index (χ2v) is 8.84. The summed E-state index contributed by atoms with van der Waals surface area (Å²) in [6.07, 6.45) is 5.65. The molecule has 1 aromatic carbocycles. The number of piperidine rings is 1. The van der Waals surface area contributed by atoms with Gasteiger partial charge < -0.3 is 31.8 Å². The van der Waals surface area contributed by atoms with Gasteiger partial charge in [0.05, 0.1) is 5.71 Å². The molecule has 10 nitrogen and oxygen atoms in total. The fraction of sp³-hybridized carbons (Fsp3) is 0.542. The summed E-state index contributed by atoms with van der Waals surface area (Å²) in [6.45, 7) is 4.33. The smallest absolute Gasteiger partial charge is 0.303 e. The number of guanidine groups is 1. The van der Waals surface area contributed by atoms with Crippen molar-refractivity contribution in [3.8, 4) is 0 Å². The molecule has 3 rings (SSSR count). The van der Waals surface area contributed by atoms with E-state index in [-0.39, 0.29) is 12.3 Å². The summed E-state index contributed by atoms with van der Waals surface area (Å²) in [7, 11) is 0. The summed E-state index contributed by atoms with van der Waals surface area (Å²) in [5.74, 6) is -1.60. The van der Waals surface area contributed by atoms with Crippen molar-refractivity contribution < 1.29 is 14.7 Å². The number of carbonyl (C=O) groups is 2. The lowest BCUT2D eigenvalue weighted by Gasteiger charge is -2.33. The molecular formula is C24H35N7O3. The Bertz CT molecular complexity index is 923. The van der Waals surface area contributed by atoms with E-state index in [0.717, 1.165) is 56.4 Å². The maximum atomic E-state index is 12.2. The second-order valence-electron chi connectivity index (χ2n) is 8.84. The number of hydrogen-bond donors (Lipinski definition) is 5. The van der Waals surface area contributed by atoms with Crippen LogP contribution in [0.2, 0.25) is 0 Å². The predicted octanol–water partition coefficient (Wildman–Crippen LogP) is 2.78. The summed E-state index contributed by atoms with van der Waals surface area (Å²) in [6, 6.07) is 7.54. The molecule has 0 saturated carbocycles. The number of carboxylic acid groups (broad SMARTS) is 1. The Morgan fingerprint density at radius 2 is 1.91 bits per heavy atom. The number of primary amides is 1. The van der Waals surface area contributed by atoms with Gasteiger partial charge in [-0.05, 0) is 55.9 Å². The topological polar surface area (TPSA) is 156 Å². The van der Waals surface area contributed by atoms with E-state index in [9.17, 15) is 9.59 Å². The number of likely N-dealkylation sites (tertiary alicyclic amines) is 1. The van der Waals surface area contributed by atoms with Gasteiger partial charge in [0, 0.05) is 43.6 Å². The third kappa shape index (κ3) is 6.79. The Hall–Kier alpha value is -3.43. The molecular weight excluding hydrogens is 434 g/mol. The minimum absolute atomic E-state index is 0.0697. The normalized spacial score (nSPS) is 21.1. The highest BCUT2D eigenvalue weighted by Crippen LogP contribution is 2.23. The van der Waals surface area contributed by atoms with Gasteiger partial charge in [0.2, 0.25) is 11.9 Å². The zero-order chi connectivity index (χ0) is 24.5. The predicted molar refractivity (Wildman–Crippen MR) is 135 cm³/mol. The van der Waals surface area contributed by atoms with Gasteiger partial charge in [-0.3, -0.25) is 9.59 Å². The monoisotopic (exact) mass is 469 g/mol. The fourth-order valence-corrected chi connectivity index (χ4v) is 4.41. The van der Waals surface area contributed by atoms with Crippen LogP contribution in [0.25, 0.3) is 0 Å². The molecule has 1 amide bonds. The Balaban J connectivity index is 1.70. The van der Waals surface area contributed by atoms with E-state index < -0.39 is 24.0 Å². The molecule has 1 aromatic rings. The van der Waals surface area contributed by atoms with Crippen LogP contribution in [-0.4, -0.2) is 65.6 Å². The number of hydrogen-bond acceptors (Lipinski definition) is 8. The van der Waals surface area contributed by atoms with Gasteiger partial charge in [0.15, 0.2) is 0 Å². The molecule has 34 heavy (non-hydrogen) atoms. The van der Waals surface area contributed by atoms with Gasteiger partial charge >= 0.3 is 5.97 Å². The molecule has 10 heteroatoms. The van der Waals surface area contributed by atoms with Crippen LogP contribution in [0, 0.1) is 17.2 Å². The van der Waals surface area contributed by atoms with Gasteiger partial charge in [0.1, 0.15) is 12.1 Å². The maximum absolute atomic E-state index is 12.2. The first kappa shape index (κ1) is 25.2. The number of nitrogens with one attached hydrogen (secondary N) is 3. The molecule has 2 heterocycles. The summed E-state index contributed by atoms with van der Waals surface area (Å²) in [5, 5.41) is 23.4. The summed E-state index contributed by atoms with van der Waals surface area (Å²) >= 11 is 0. The molecule has 1 fully saturated rings. The minimum Gasteiger partial charge on any atom is -0.481 e. The number of amides is 1. The standard InChI is InChI=1S/C24H35N7O3/c1-2-6-16(13-20(32)33)15-27-17-7-9-18(10-8-17)28-23-21(22(26)34)19(14-25)29-24(30-23)31-11-4-3-5-12-31/h7-10,14,16,21,23,25,27-28H,2-6,11-13,15H2,1H3,(H2,26,34)(H,32,33). The van der Waals surface area contributed by atoms with E-state index >= 15 is 0 Å². The summed E-state index contributed by atoms with van der Waals surface area (Å²) in [5.41, 5.74) is 7.60. The van der Waals surface area contributed by atoms with Gasteiger partial charge in [-0.25, -0.2) is 9.98 Å². The fourth-order valence-electron chi connectivity index (χ4n) is 4.41. The van der Waals surface area contributed by atoms with Crippen LogP contribution in [0.3, 0.4) is 0 Å². The zero-order valence-electron chi connectivity index (χ0n) is 19.7. The lowest BCUT2D eigenvalue weighted by atomic mass is 9.98. The van der Waals surface area contributed by atoms with E-state index in [0.29, 0.717) is 18.2 Å². The highest BCUT2D eigenvalue weighted by atomic mass is 16.4. The van der Waals surface area contributed by atoms with Crippen LogP contribution in [0.15, 0.2) is 34.3 Å². The lowest BCUT2D eigenvalue weighted by molar-refractivity contribution is -0.138. The van der Waals surface area contributed by atoms with Crippen molar-refractivity contribution >= 4 is 41.1 Å². The molecule has 0 radical (unpaired) electrons. The molecule has 0 aromatic heterocycles. The average Bonchev–Trinajstić information content (AvgIpc) is 2.83. The molecule has 184 valence electrons. The number of benzene rings is 1. The van der Waals surface area contributed by atoms with E-state index in [1.165, 1.54) is 6.42 Å². The van der Waals surface area contributed by atoms with Gasteiger partial charge in [0.25, 0.3) is 0 Å². The van der Waals surface area contributed by atoms with E-state index in [1.807, 2.05) is 31.2 Å². The second kappa shape index (κ2) is 12.2. The van der Waals surface area contributed by atoms with Crippen molar-refractivity contribution in [2.45, 2.75) is 51.6 Å². The molecule has 0 aliphatic carbocycles. The van der Waals surface area contributed by atoms with Gasteiger partial charge in [-0.2, -0.15) is 0 Å². The van der Waals surface area contributed by atoms with Crippen LogP contribution in [0.5, 0.6) is 0 Å². The molecule has 2 aliphatic rings. The first-order valence-corrected chi connectivity index (χ1v) is 11.9.